The summed E-state index contributed by atoms with van der Waals surface area (Å²) >= 11 is 0. The molecule has 0 unspecified atom stereocenters. The number of nitrogens with zero attached hydrogens (tertiary/aromatic N) is 2. The summed E-state index contributed by atoms with van der Waals surface area (Å²) in [6, 6.07) is 13.9. The lowest BCUT2D eigenvalue weighted by atomic mass is 10.0. The van der Waals surface area contributed by atoms with Crippen molar-refractivity contribution >= 4 is 11.8 Å². The fourth-order valence-corrected chi connectivity index (χ4v) is 4.48. The molecule has 6 heteroatoms. The largest absolute Gasteiger partial charge is 0.491 e. The molecule has 30 heavy (non-hydrogen) atoms. The van der Waals surface area contributed by atoms with Crippen LogP contribution in [-0.2, 0) is 13.1 Å². The summed E-state index contributed by atoms with van der Waals surface area (Å²) in [6.07, 6.45) is 2.04. The van der Waals surface area contributed by atoms with E-state index in [0.29, 0.717) is 17.7 Å². The van der Waals surface area contributed by atoms with Gasteiger partial charge in [-0.1, -0.05) is 24.3 Å². The van der Waals surface area contributed by atoms with E-state index in [4.69, 9.17) is 10.5 Å². The molecule has 0 saturated carbocycles. The number of ether oxygens (including phenoxy) is 1. The number of piperidine rings is 1. The molecule has 2 aliphatic rings. The number of carbonyl (C=O) groups is 2. The highest BCUT2D eigenvalue weighted by Crippen LogP contribution is 2.31. The third-order valence-corrected chi connectivity index (χ3v) is 5.93. The lowest BCUT2D eigenvalue weighted by Gasteiger charge is -2.36. The zero-order chi connectivity index (χ0) is 21.3. The van der Waals surface area contributed by atoms with Crippen molar-refractivity contribution in [1.82, 2.24) is 9.80 Å². The van der Waals surface area contributed by atoms with Crippen molar-refractivity contribution in [2.75, 3.05) is 13.1 Å². The van der Waals surface area contributed by atoms with E-state index in [2.05, 4.69) is 17.0 Å². The first-order valence-electron chi connectivity index (χ1n) is 10.6. The highest BCUT2D eigenvalue weighted by atomic mass is 16.5. The van der Waals surface area contributed by atoms with E-state index in [-0.39, 0.29) is 18.1 Å². The number of fused-ring (bicyclic) bond motifs is 1. The van der Waals surface area contributed by atoms with Crippen LogP contribution in [0.3, 0.4) is 0 Å². The third-order valence-electron chi connectivity index (χ3n) is 5.93. The van der Waals surface area contributed by atoms with E-state index >= 15 is 0 Å². The second kappa shape index (κ2) is 8.48. The molecule has 6 nitrogen and oxygen atoms in total. The summed E-state index contributed by atoms with van der Waals surface area (Å²) in [5.41, 5.74) is 8.47. The van der Waals surface area contributed by atoms with Gasteiger partial charge in [-0.25, -0.2) is 0 Å². The molecule has 2 amide bonds. The number of primary amides is 1. The van der Waals surface area contributed by atoms with Crippen LogP contribution in [0, 0.1) is 0 Å². The fraction of sp³-hybridized carbons (Fsp3) is 0.417. The monoisotopic (exact) mass is 407 g/mol. The Bertz CT molecular complexity index is 931. The van der Waals surface area contributed by atoms with E-state index in [9.17, 15) is 9.59 Å². The average Bonchev–Trinajstić information content (AvgIpc) is 3.06. The standard InChI is InChI=1S/C24H29N3O3/c1-16(2)30-20-8-6-17(7-9-20)14-26-12-10-19(11-13-26)27-15-18-4-3-5-21(23(25)28)22(18)24(27)29/h3-9,16,19H,10-15H2,1-2H3,(H2,25,28). The van der Waals surface area contributed by atoms with Crippen molar-refractivity contribution in [2.24, 2.45) is 5.73 Å². The molecule has 2 N–H and O–H groups in total. The van der Waals surface area contributed by atoms with Crippen LogP contribution in [0.2, 0.25) is 0 Å². The van der Waals surface area contributed by atoms with Gasteiger partial charge in [0.15, 0.2) is 0 Å². The molecule has 0 radical (unpaired) electrons. The smallest absolute Gasteiger partial charge is 0.255 e. The average molecular weight is 408 g/mol. The second-order valence-electron chi connectivity index (χ2n) is 8.45. The quantitative estimate of drug-likeness (QED) is 0.798. The van der Waals surface area contributed by atoms with Crippen molar-refractivity contribution in [1.29, 1.82) is 0 Å². The van der Waals surface area contributed by atoms with Gasteiger partial charge in [-0.05, 0) is 56.0 Å². The predicted octanol–water partition coefficient (Wildman–Crippen LogP) is 3.19. The Hall–Kier alpha value is -2.86. The lowest BCUT2D eigenvalue weighted by Crippen LogP contribution is -2.44. The molecule has 2 heterocycles. The van der Waals surface area contributed by atoms with Gasteiger partial charge in [-0.15, -0.1) is 0 Å². The first kappa shape index (κ1) is 20.4. The maximum absolute atomic E-state index is 13.0. The molecule has 0 atom stereocenters. The zero-order valence-electron chi connectivity index (χ0n) is 17.6. The van der Waals surface area contributed by atoms with E-state index in [1.807, 2.05) is 36.9 Å². The van der Waals surface area contributed by atoms with Crippen molar-refractivity contribution in [3.05, 3.63) is 64.7 Å². The SMILES string of the molecule is CC(C)Oc1ccc(CN2CCC(N3Cc4cccc(C(N)=O)c4C3=O)CC2)cc1. The Kier molecular flexibility index (Phi) is 5.77. The number of carbonyl (C=O) groups excluding carboxylic acids is 2. The molecule has 158 valence electrons. The molecule has 2 aromatic carbocycles. The highest BCUT2D eigenvalue weighted by Gasteiger charge is 2.36. The van der Waals surface area contributed by atoms with Gasteiger partial charge in [0.2, 0.25) is 5.91 Å². The molecule has 0 aromatic heterocycles. The van der Waals surface area contributed by atoms with Crippen LogP contribution in [-0.4, -0.2) is 46.8 Å². The highest BCUT2D eigenvalue weighted by molar-refractivity contribution is 6.09. The van der Waals surface area contributed by atoms with Gasteiger partial charge in [0.25, 0.3) is 5.91 Å². The summed E-state index contributed by atoms with van der Waals surface area (Å²) in [5.74, 6) is 0.301. The van der Waals surface area contributed by atoms with Crippen molar-refractivity contribution in [3.8, 4) is 5.75 Å². The first-order valence-corrected chi connectivity index (χ1v) is 10.6. The Morgan fingerprint density at radius 2 is 1.83 bits per heavy atom. The number of nitrogens with two attached hydrogens (primary N) is 1. The molecule has 2 aromatic rings. The van der Waals surface area contributed by atoms with Crippen molar-refractivity contribution < 1.29 is 14.3 Å². The molecule has 1 saturated heterocycles. The number of hydrogen-bond donors (Lipinski definition) is 1. The third kappa shape index (κ3) is 4.19. The number of hydrogen-bond acceptors (Lipinski definition) is 4. The summed E-state index contributed by atoms with van der Waals surface area (Å²) in [4.78, 5) is 29.1. The van der Waals surface area contributed by atoms with Gasteiger partial charge >= 0.3 is 0 Å². The van der Waals surface area contributed by atoms with Gasteiger partial charge in [-0.2, -0.15) is 0 Å². The van der Waals surface area contributed by atoms with Crippen LogP contribution in [0.15, 0.2) is 42.5 Å². The lowest BCUT2D eigenvalue weighted by molar-refractivity contribution is 0.0588. The van der Waals surface area contributed by atoms with Crippen LogP contribution in [0.1, 0.15) is 58.5 Å². The molecular formula is C24H29N3O3. The summed E-state index contributed by atoms with van der Waals surface area (Å²) in [6.45, 7) is 7.40. The normalized spacial score (nSPS) is 17.4. The van der Waals surface area contributed by atoms with Crippen LogP contribution in [0.5, 0.6) is 5.75 Å². The minimum atomic E-state index is -0.540. The van der Waals surface area contributed by atoms with Gasteiger partial charge in [0.05, 0.1) is 17.2 Å². The molecule has 0 aliphatic carbocycles. The fourth-order valence-electron chi connectivity index (χ4n) is 4.48. The van der Waals surface area contributed by atoms with E-state index in [0.717, 1.165) is 43.8 Å². The minimum Gasteiger partial charge on any atom is -0.491 e. The van der Waals surface area contributed by atoms with E-state index < -0.39 is 5.91 Å². The van der Waals surface area contributed by atoms with Gasteiger partial charge < -0.3 is 15.4 Å². The zero-order valence-corrected chi connectivity index (χ0v) is 17.6. The van der Waals surface area contributed by atoms with Gasteiger partial charge in [0, 0.05) is 32.2 Å². The molecular weight excluding hydrogens is 378 g/mol. The maximum atomic E-state index is 13.0. The topological polar surface area (TPSA) is 75.9 Å². The second-order valence-corrected chi connectivity index (χ2v) is 8.45. The summed E-state index contributed by atoms with van der Waals surface area (Å²) in [5, 5.41) is 0. The predicted molar refractivity (Wildman–Crippen MR) is 115 cm³/mol. The molecule has 2 aliphatic heterocycles. The molecule has 4 rings (SSSR count). The Morgan fingerprint density at radius 3 is 2.47 bits per heavy atom. The van der Waals surface area contributed by atoms with Crippen LogP contribution in [0.4, 0.5) is 0 Å². The van der Waals surface area contributed by atoms with E-state index in [1.54, 1.807) is 12.1 Å². The summed E-state index contributed by atoms with van der Waals surface area (Å²) < 4.78 is 5.71. The summed E-state index contributed by atoms with van der Waals surface area (Å²) in [7, 11) is 0. The number of rotatable bonds is 6. The Morgan fingerprint density at radius 1 is 1.13 bits per heavy atom. The van der Waals surface area contributed by atoms with Gasteiger partial charge in [-0.3, -0.25) is 14.5 Å². The Labute approximate surface area is 177 Å². The number of benzene rings is 2. The minimum absolute atomic E-state index is 0.0569. The molecule has 1 fully saturated rings. The maximum Gasteiger partial charge on any atom is 0.255 e. The van der Waals surface area contributed by atoms with Crippen molar-refractivity contribution in [2.45, 2.75) is 51.9 Å². The van der Waals surface area contributed by atoms with Crippen LogP contribution in [0.25, 0.3) is 0 Å². The van der Waals surface area contributed by atoms with E-state index in [1.165, 1.54) is 5.56 Å². The molecule has 0 bridgehead atoms. The van der Waals surface area contributed by atoms with Crippen molar-refractivity contribution in [3.63, 3.8) is 0 Å². The van der Waals surface area contributed by atoms with Crippen LogP contribution >= 0.6 is 0 Å². The number of amides is 2. The Balaban J connectivity index is 1.34. The number of likely N-dealkylation sites (tertiary alicyclic amines) is 1. The van der Waals surface area contributed by atoms with Crippen LogP contribution < -0.4 is 10.5 Å². The molecule has 0 spiro atoms. The van der Waals surface area contributed by atoms with Gasteiger partial charge in [0.1, 0.15) is 5.75 Å². The first-order chi connectivity index (χ1) is 14.4.